The van der Waals surface area contributed by atoms with Crippen LogP contribution < -0.4 is 0 Å². The maximum Gasteiger partial charge on any atom is 0.410 e. The van der Waals surface area contributed by atoms with E-state index in [4.69, 9.17) is 4.74 Å². The van der Waals surface area contributed by atoms with Crippen molar-refractivity contribution in [3.63, 3.8) is 0 Å². The van der Waals surface area contributed by atoms with Crippen molar-refractivity contribution in [3.8, 4) is 0 Å². The van der Waals surface area contributed by atoms with Crippen LogP contribution in [0.4, 0.5) is 9.18 Å². The van der Waals surface area contributed by atoms with Crippen molar-refractivity contribution < 1.29 is 13.9 Å². The lowest BCUT2D eigenvalue weighted by Gasteiger charge is -2.34. The van der Waals surface area contributed by atoms with E-state index in [1.54, 1.807) is 17.0 Å². The summed E-state index contributed by atoms with van der Waals surface area (Å²) in [4.78, 5) is 16.2. The summed E-state index contributed by atoms with van der Waals surface area (Å²) < 4.78 is 18.1. The summed E-state index contributed by atoms with van der Waals surface area (Å²) >= 11 is 0. The molecular weight excluding hydrogens is 295 g/mol. The molecule has 5 heteroatoms. The Hall–Kier alpha value is -1.62. The van der Waals surface area contributed by atoms with Gasteiger partial charge in [0.05, 0.1) is 0 Å². The first-order chi connectivity index (χ1) is 11.2. The van der Waals surface area contributed by atoms with Crippen LogP contribution in [-0.2, 0) is 11.3 Å². The van der Waals surface area contributed by atoms with Crippen molar-refractivity contribution in [1.82, 2.24) is 9.80 Å². The number of unbranched alkanes of at least 4 members (excludes halogenated alkanes) is 3. The number of halogens is 1. The highest BCUT2D eigenvalue weighted by molar-refractivity contribution is 5.67. The molecule has 0 bridgehead atoms. The van der Waals surface area contributed by atoms with Gasteiger partial charge in [-0.15, -0.1) is 0 Å². The first-order valence-corrected chi connectivity index (χ1v) is 8.57. The Balaban J connectivity index is 1.64. The molecule has 0 saturated carbocycles. The Kier molecular flexibility index (Phi) is 7.33. The SMILES string of the molecule is CCCCCCN1CCN(C(=O)OCc2ccc(F)cc2)CC1. The smallest absolute Gasteiger partial charge is 0.410 e. The van der Waals surface area contributed by atoms with E-state index >= 15 is 0 Å². The molecule has 1 aromatic rings. The summed E-state index contributed by atoms with van der Waals surface area (Å²) in [6.07, 6.45) is 4.81. The van der Waals surface area contributed by atoms with Crippen molar-refractivity contribution in [2.24, 2.45) is 0 Å². The Labute approximate surface area is 138 Å². The molecule has 0 unspecified atom stereocenters. The van der Waals surface area contributed by atoms with Gasteiger partial charge in [0.2, 0.25) is 0 Å². The molecule has 1 aromatic carbocycles. The number of carbonyl (C=O) groups excluding carboxylic acids is 1. The Morgan fingerprint density at radius 3 is 2.43 bits per heavy atom. The minimum absolute atomic E-state index is 0.191. The third-order valence-corrected chi connectivity index (χ3v) is 4.23. The lowest BCUT2D eigenvalue weighted by atomic mass is 10.2. The molecule has 1 fully saturated rings. The summed E-state index contributed by atoms with van der Waals surface area (Å²) in [6, 6.07) is 6.02. The number of piperazine rings is 1. The van der Waals surface area contributed by atoms with Gasteiger partial charge in [0.25, 0.3) is 0 Å². The molecule has 1 saturated heterocycles. The van der Waals surface area contributed by atoms with Crippen LogP contribution in [0.15, 0.2) is 24.3 Å². The minimum atomic E-state index is -0.282. The van der Waals surface area contributed by atoms with Crippen LogP contribution in [0.1, 0.15) is 38.2 Å². The van der Waals surface area contributed by atoms with E-state index in [1.807, 2.05) is 0 Å². The van der Waals surface area contributed by atoms with Crippen molar-refractivity contribution in [1.29, 1.82) is 0 Å². The fourth-order valence-corrected chi connectivity index (χ4v) is 2.73. The maximum atomic E-state index is 12.8. The number of ether oxygens (including phenoxy) is 1. The van der Waals surface area contributed by atoms with E-state index in [2.05, 4.69) is 11.8 Å². The van der Waals surface area contributed by atoms with E-state index in [-0.39, 0.29) is 18.5 Å². The monoisotopic (exact) mass is 322 g/mol. The summed E-state index contributed by atoms with van der Waals surface area (Å²) in [5.41, 5.74) is 0.800. The lowest BCUT2D eigenvalue weighted by Crippen LogP contribution is -2.48. The Morgan fingerprint density at radius 1 is 1.09 bits per heavy atom. The topological polar surface area (TPSA) is 32.8 Å². The fraction of sp³-hybridized carbons (Fsp3) is 0.611. The number of hydrogen-bond donors (Lipinski definition) is 0. The molecule has 0 aliphatic carbocycles. The second-order valence-corrected chi connectivity index (χ2v) is 6.07. The van der Waals surface area contributed by atoms with Gasteiger partial charge in [0.15, 0.2) is 0 Å². The molecule has 23 heavy (non-hydrogen) atoms. The largest absolute Gasteiger partial charge is 0.445 e. The van der Waals surface area contributed by atoms with Crippen molar-refractivity contribution in [3.05, 3.63) is 35.6 Å². The lowest BCUT2D eigenvalue weighted by molar-refractivity contribution is 0.0713. The second-order valence-electron chi connectivity index (χ2n) is 6.07. The summed E-state index contributed by atoms with van der Waals surface area (Å²) in [7, 11) is 0. The average Bonchev–Trinajstić information content (AvgIpc) is 2.58. The van der Waals surface area contributed by atoms with Crippen LogP contribution in [0.2, 0.25) is 0 Å². The summed E-state index contributed by atoms with van der Waals surface area (Å²) in [6.45, 7) is 6.80. The molecular formula is C18H27FN2O2. The molecule has 1 aliphatic rings. The standard InChI is InChI=1S/C18H27FN2O2/c1-2-3-4-5-10-20-11-13-21(14-12-20)18(22)23-15-16-6-8-17(19)9-7-16/h6-9H,2-5,10-15H2,1H3. The first-order valence-electron chi connectivity index (χ1n) is 8.57. The van der Waals surface area contributed by atoms with Gasteiger partial charge in [-0.2, -0.15) is 0 Å². The van der Waals surface area contributed by atoms with Gasteiger partial charge in [0, 0.05) is 26.2 Å². The van der Waals surface area contributed by atoms with Crippen molar-refractivity contribution >= 4 is 6.09 Å². The zero-order valence-corrected chi connectivity index (χ0v) is 14.0. The van der Waals surface area contributed by atoms with Crippen molar-refractivity contribution in [2.75, 3.05) is 32.7 Å². The van der Waals surface area contributed by atoms with Crippen molar-refractivity contribution in [2.45, 2.75) is 39.2 Å². The normalized spacial score (nSPS) is 15.7. The highest BCUT2D eigenvalue weighted by atomic mass is 19.1. The highest BCUT2D eigenvalue weighted by Crippen LogP contribution is 2.09. The van der Waals surface area contributed by atoms with E-state index < -0.39 is 0 Å². The number of nitrogens with zero attached hydrogens (tertiary/aromatic N) is 2. The first kappa shape index (κ1) is 17.7. The number of benzene rings is 1. The van der Waals surface area contributed by atoms with Crippen LogP contribution in [0.3, 0.4) is 0 Å². The molecule has 0 radical (unpaired) electrons. The molecule has 1 amide bonds. The van der Waals surface area contributed by atoms with Gasteiger partial charge in [-0.1, -0.05) is 38.3 Å². The third kappa shape index (κ3) is 6.18. The molecule has 0 N–H and O–H groups in total. The van der Waals surface area contributed by atoms with E-state index in [9.17, 15) is 9.18 Å². The predicted molar refractivity (Wildman–Crippen MR) is 88.7 cm³/mol. The zero-order valence-electron chi connectivity index (χ0n) is 14.0. The molecule has 128 valence electrons. The third-order valence-electron chi connectivity index (χ3n) is 4.23. The molecule has 1 aliphatic heterocycles. The molecule has 4 nitrogen and oxygen atoms in total. The van der Waals surface area contributed by atoms with E-state index in [0.717, 1.165) is 38.3 Å². The number of hydrogen-bond acceptors (Lipinski definition) is 3. The molecule has 2 rings (SSSR count). The molecule has 0 aromatic heterocycles. The summed E-state index contributed by atoms with van der Waals surface area (Å²) in [5, 5.41) is 0. The van der Waals surface area contributed by atoms with Gasteiger partial charge in [-0.3, -0.25) is 4.90 Å². The fourth-order valence-electron chi connectivity index (χ4n) is 2.73. The van der Waals surface area contributed by atoms with Gasteiger partial charge in [0.1, 0.15) is 12.4 Å². The van der Waals surface area contributed by atoms with Gasteiger partial charge < -0.3 is 9.64 Å². The zero-order chi connectivity index (χ0) is 16.5. The van der Waals surface area contributed by atoms with Crippen LogP contribution in [-0.4, -0.2) is 48.6 Å². The number of carbonyl (C=O) groups is 1. The number of rotatable bonds is 7. The Morgan fingerprint density at radius 2 is 1.78 bits per heavy atom. The van der Waals surface area contributed by atoms with Crippen LogP contribution in [0.25, 0.3) is 0 Å². The molecule has 1 heterocycles. The van der Waals surface area contributed by atoms with Gasteiger partial charge in [-0.05, 0) is 30.7 Å². The van der Waals surface area contributed by atoms with Crippen LogP contribution >= 0.6 is 0 Å². The minimum Gasteiger partial charge on any atom is -0.445 e. The quantitative estimate of drug-likeness (QED) is 0.718. The van der Waals surface area contributed by atoms with Crippen LogP contribution in [0.5, 0.6) is 0 Å². The maximum absolute atomic E-state index is 12.8. The van der Waals surface area contributed by atoms with E-state index in [0.29, 0.717) is 0 Å². The second kappa shape index (κ2) is 9.50. The number of amides is 1. The van der Waals surface area contributed by atoms with Crippen LogP contribution in [0, 0.1) is 5.82 Å². The van der Waals surface area contributed by atoms with Gasteiger partial charge >= 0.3 is 6.09 Å². The molecule has 0 spiro atoms. The predicted octanol–water partition coefficient (Wildman–Crippen LogP) is 3.66. The Bertz CT molecular complexity index is 470. The molecule has 0 atom stereocenters. The van der Waals surface area contributed by atoms with E-state index in [1.165, 1.54) is 37.8 Å². The highest BCUT2D eigenvalue weighted by Gasteiger charge is 2.21. The average molecular weight is 322 g/mol. The van der Waals surface area contributed by atoms with Gasteiger partial charge in [-0.25, -0.2) is 9.18 Å². The summed E-state index contributed by atoms with van der Waals surface area (Å²) in [5.74, 6) is -0.282.